The van der Waals surface area contributed by atoms with Gasteiger partial charge >= 0.3 is 0 Å². The fraction of sp³-hybridized carbons (Fsp3) is 0.0588. The minimum atomic E-state index is -0.557. The SMILES string of the molecule is O=C(NNC(=O)c1csc(COc2ccc(F)cc2)n1)c1ccccn1. The monoisotopic (exact) mass is 372 g/mol. The molecule has 2 heterocycles. The number of rotatable bonds is 5. The first-order valence-electron chi connectivity index (χ1n) is 7.46. The molecular formula is C17H13FN4O3S. The Balaban J connectivity index is 1.51. The van der Waals surface area contributed by atoms with Crippen LogP contribution >= 0.6 is 11.3 Å². The van der Waals surface area contributed by atoms with Crippen LogP contribution in [0.25, 0.3) is 0 Å². The third-order valence-corrected chi connectivity index (χ3v) is 3.97. The van der Waals surface area contributed by atoms with Gasteiger partial charge in [-0.2, -0.15) is 0 Å². The van der Waals surface area contributed by atoms with Gasteiger partial charge in [0.15, 0.2) is 0 Å². The zero-order valence-corrected chi connectivity index (χ0v) is 14.1. The van der Waals surface area contributed by atoms with Gasteiger partial charge < -0.3 is 4.74 Å². The van der Waals surface area contributed by atoms with Crippen molar-refractivity contribution in [3.63, 3.8) is 0 Å². The number of hydrogen-bond acceptors (Lipinski definition) is 6. The molecule has 0 spiro atoms. The maximum Gasteiger partial charge on any atom is 0.289 e. The summed E-state index contributed by atoms with van der Waals surface area (Å²) < 4.78 is 18.3. The van der Waals surface area contributed by atoms with E-state index in [9.17, 15) is 14.0 Å². The molecule has 0 aliphatic rings. The van der Waals surface area contributed by atoms with Crippen molar-refractivity contribution < 1.29 is 18.7 Å². The Bertz CT molecular complexity index is 900. The molecular weight excluding hydrogens is 359 g/mol. The van der Waals surface area contributed by atoms with Crippen molar-refractivity contribution in [1.82, 2.24) is 20.8 Å². The lowest BCUT2D eigenvalue weighted by atomic mass is 10.3. The van der Waals surface area contributed by atoms with E-state index in [4.69, 9.17) is 4.74 Å². The third-order valence-electron chi connectivity index (χ3n) is 3.15. The number of carbonyl (C=O) groups is 2. The normalized spacial score (nSPS) is 10.2. The highest BCUT2D eigenvalue weighted by Crippen LogP contribution is 2.16. The van der Waals surface area contributed by atoms with Crippen molar-refractivity contribution in [2.24, 2.45) is 0 Å². The van der Waals surface area contributed by atoms with Crippen LogP contribution in [0.15, 0.2) is 54.0 Å². The Morgan fingerprint density at radius 3 is 2.46 bits per heavy atom. The van der Waals surface area contributed by atoms with Crippen molar-refractivity contribution >= 4 is 23.2 Å². The van der Waals surface area contributed by atoms with Gasteiger partial charge in [-0.3, -0.25) is 25.4 Å². The third kappa shape index (κ3) is 4.61. The topological polar surface area (TPSA) is 93.2 Å². The second kappa shape index (κ2) is 8.17. The number of pyridine rings is 1. The summed E-state index contributed by atoms with van der Waals surface area (Å²) in [7, 11) is 0. The molecule has 7 nitrogen and oxygen atoms in total. The Labute approximate surface area is 151 Å². The minimum absolute atomic E-state index is 0.143. The highest BCUT2D eigenvalue weighted by molar-refractivity contribution is 7.09. The van der Waals surface area contributed by atoms with E-state index >= 15 is 0 Å². The highest BCUT2D eigenvalue weighted by Gasteiger charge is 2.13. The van der Waals surface area contributed by atoms with Crippen LogP contribution in [0, 0.1) is 5.82 Å². The molecule has 132 valence electrons. The molecule has 1 aromatic carbocycles. The summed E-state index contributed by atoms with van der Waals surface area (Å²) in [5.74, 6) is -0.943. The Hall–Kier alpha value is -3.33. The maximum atomic E-state index is 12.8. The maximum absolute atomic E-state index is 12.8. The number of hydrazine groups is 1. The molecule has 2 amide bonds. The Morgan fingerprint density at radius 1 is 1.04 bits per heavy atom. The van der Waals surface area contributed by atoms with Crippen LogP contribution < -0.4 is 15.6 Å². The molecule has 0 atom stereocenters. The molecule has 0 aliphatic carbocycles. The quantitative estimate of drug-likeness (QED) is 0.671. The second-order valence-electron chi connectivity index (χ2n) is 4.99. The molecule has 0 unspecified atom stereocenters. The molecule has 26 heavy (non-hydrogen) atoms. The van der Waals surface area contributed by atoms with Gasteiger partial charge in [0.05, 0.1) is 0 Å². The van der Waals surface area contributed by atoms with Crippen molar-refractivity contribution in [3.05, 3.63) is 76.3 Å². The first-order valence-corrected chi connectivity index (χ1v) is 8.34. The van der Waals surface area contributed by atoms with E-state index in [2.05, 4.69) is 20.8 Å². The van der Waals surface area contributed by atoms with Crippen LogP contribution in [0.3, 0.4) is 0 Å². The van der Waals surface area contributed by atoms with Gasteiger partial charge in [-0.1, -0.05) is 6.07 Å². The molecule has 0 fully saturated rings. The zero-order valence-electron chi connectivity index (χ0n) is 13.3. The predicted molar refractivity (Wildman–Crippen MR) is 92.0 cm³/mol. The number of hydrogen-bond donors (Lipinski definition) is 2. The fourth-order valence-electron chi connectivity index (χ4n) is 1.90. The number of nitrogens with one attached hydrogen (secondary N) is 2. The van der Waals surface area contributed by atoms with E-state index in [-0.39, 0.29) is 23.8 Å². The molecule has 0 saturated carbocycles. The van der Waals surface area contributed by atoms with Gasteiger partial charge in [0.1, 0.15) is 34.6 Å². The largest absolute Gasteiger partial charge is 0.486 e. The van der Waals surface area contributed by atoms with Crippen molar-refractivity contribution in [2.75, 3.05) is 0 Å². The van der Waals surface area contributed by atoms with Crippen LogP contribution in [-0.4, -0.2) is 21.8 Å². The number of aromatic nitrogens is 2. The number of amides is 2. The first kappa shape index (κ1) is 17.5. The van der Waals surface area contributed by atoms with E-state index in [1.54, 1.807) is 17.5 Å². The lowest BCUT2D eigenvalue weighted by Gasteiger charge is -2.05. The predicted octanol–water partition coefficient (Wildman–Crippen LogP) is 2.33. The van der Waals surface area contributed by atoms with E-state index in [1.165, 1.54) is 47.9 Å². The van der Waals surface area contributed by atoms with Crippen LogP contribution in [0.1, 0.15) is 26.0 Å². The summed E-state index contributed by atoms with van der Waals surface area (Å²) in [5.41, 5.74) is 4.87. The lowest BCUT2D eigenvalue weighted by molar-refractivity contribution is 0.0841. The molecule has 2 N–H and O–H groups in total. The van der Waals surface area contributed by atoms with Gasteiger partial charge in [0.25, 0.3) is 11.8 Å². The van der Waals surface area contributed by atoms with Crippen molar-refractivity contribution in [1.29, 1.82) is 0 Å². The average Bonchev–Trinajstić information content (AvgIpc) is 3.15. The lowest BCUT2D eigenvalue weighted by Crippen LogP contribution is -2.42. The van der Waals surface area contributed by atoms with Gasteiger partial charge in [-0.05, 0) is 36.4 Å². The summed E-state index contributed by atoms with van der Waals surface area (Å²) >= 11 is 1.23. The summed E-state index contributed by atoms with van der Waals surface area (Å²) in [4.78, 5) is 31.8. The molecule has 3 aromatic rings. The smallest absolute Gasteiger partial charge is 0.289 e. The fourth-order valence-corrected chi connectivity index (χ4v) is 2.58. The van der Waals surface area contributed by atoms with E-state index < -0.39 is 11.8 Å². The Kier molecular flexibility index (Phi) is 5.49. The molecule has 2 aromatic heterocycles. The van der Waals surface area contributed by atoms with Crippen LogP contribution in [0.5, 0.6) is 5.75 Å². The first-order chi connectivity index (χ1) is 12.6. The summed E-state index contributed by atoms with van der Waals surface area (Å²) in [5, 5.41) is 2.11. The Morgan fingerprint density at radius 2 is 1.77 bits per heavy atom. The van der Waals surface area contributed by atoms with Gasteiger partial charge in [-0.25, -0.2) is 9.37 Å². The van der Waals surface area contributed by atoms with Crippen LogP contribution in [0.2, 0.25) is 0 Å². The van der Waals surface area contributed by atoms with E-state index in [0.717, 1.165) is 0 Å². The average molecular weight is 372 g/mol. The summed E-state index contributed by atoms with van der Waals surface area (Å²) in [6.07, 6.45) is 1.48. The second-order valence-corrected chi connectivity index (χ2v) is 5.93. The zero-order chi connectivity index (χ0) is 18.4. The highest BCUT2D eigenvalue weighted by atomic mass is 32.1. The van der Waals surface area contributed by atoms with E-state index in [1.807, 2.05) is 0 Å². The van der Waals surface area contributed by atoms with E-state index in [0.29, 0.717) is 10.8 Å². The number of nitrogens with zero attached hydrogens (tertiary/aromatic N) is 2. The molecule has 3 rings (SSSR count). The van der Waals surface area contributed by atoms with Gasteiger partial charge in [0.2, 0.25) is 0 Å². The molecule has 0 saturated heterocycles. The summed E-state index contributed by atoms with van der Waals surface area (Å²) in [6.45, 7) is 0.143. The standard InChI is InChI=1S/C17H13FN4O3S/c18-11-4-6-12(7-5-11)25-9-15-20-14(10-26-15)17(24)22-21-16(23)13-3-1-2-8-19-13/h1-8,10H,9H2,(H,21,23)(H,22,24). The van der Waals surface area contributed by atoms with Gasteiger partial charge in [0, 0.05) is 11.6 Å². The van der Waals surface area contributed by atoms with Crippen LogP contribution in [0.4, 0.5) is 4.39 Å². The molecule has 0 radical (unpaired) electrons. The number of carbonyl (C=O) groups excluding carboxylic acids is 2. The summed E-state index contributed by atoms with van der Waals surface area (Å²) in [6, 6.07) is 10.5. The number of thiazole rings is 1. The number of halogens is 1. The van der Waals surface area contributed by atoms with Crippen molar-refractivity contribution in [2.45, 2.75) is 6.61 Å². The van der Waals surface area contributed by atoms with Crippen LogP contribution in [-0.2, 0) is 6.61 Å². The van der Waals surface area contributed by atoms with Crippen molar-refractivity contribution in [3.8, 4) is 5.75 Å². The molecule has 0 bridgehead atoms. The number of ether oxygens (including phenoxy) is 1. The molecule has 9 heteroatoms. The molecule has 0 aliphatic heterocycles. The minimum Gasteiger partial charge on any atom is -0.486 e. The number of benzene rings is 1. The van der Waals surface area contributed by atoms with Gasteiger partial charge in [-0.15, -0.1) is 11.3 Å².